The van der Waals surface area contributed by atoms with Crippen LogP contribution in [0.5, 0.6) is 5.75 Å². The van der Waals surface area contributed by atoms with Gasteiger partial charge in [0.25, 0.3) is 0 Å². The van der Waals surface area contributed by atoms with Crippen molar-refractivity contribution < 1.29 is 9.53 Å². The Balaban J connectivity index is 2.30. The van der Waals surface area contributed by atoms with Crippen molar-refractivity contribution in [3.63, 3.8) is 0 Å². The van der Waals surface area contributed by atoms with Crippen molar-refractivity contribution in [3.8, 4) is 5.75 Å². The molecule has 4 nitrogen and oxygen atoms in total. The summed E-state index contributed by atoms with van der Waals surface area (Å²) in [7, 11) is 1.64. The number of benzene rings is 2. The molecule has 0 spiro atoms. The summed E-state index contributed by atoms with van der Waals surface area (Å²) in [5, 5.41) is 5.14. The second-order valence-corrected chi connectivity index (χ2v) is 4.82. The smallest absolute Gasteiger partial charge is 0.224 e. The Hall–Kier alpha value is -2.07. The zero-order valence-corrected chi connectivity index (χ0v) is 11.8. The van der Waals surface area contributed by atoms with Crippen molar-refractivity contribution in [1.82, 2.24) is 5.32 Å². The van der Waals surface area contributed by atoms with Crippen LogP contribution in [0.15, 0.2) is 36.4 Å². The van der Waals surface area contributed by atoms with Crippen molar-refractivity contribution in [3.05, 3.63) is 42.0 Å². The monoisotopic (exact) mass is 272 g/mol. The van der Waals surface area contributed by atoms with Crippen LogP contribution < -0.4 is 15.8 Å². The van der Waals surface area contributed by atoms with Crippen LogP contribution >= 0.6 is 0 Å². The first-order chi connectivity index (χ1) is 9.67. The van der Waals surface area contributed by atoms with E-state index < -0.39 is 0 Å². The van der Waals surface area contributed by atoms with Gasteiger partial charge in [-0.05, 0) is 16.8 Å². The van der Waals surface area contributed by atoms with E-state index in [9.17, 15) is 4.79 Å². The highest BCUT2D eigenvalue weighted by Crippen LogP contribution is 2.27. The van der Waals surface area contributed by atoms with Gasteiger partial charge in [0, 0.05) is 24.6 Å². The maximum Gasteiger partial charge on any atom is 0.224 e. The van der Waals surface area contributed by atoms with E-state index in [1.807, 2.05) is 43.3 Å². The van der Waals surface area contributed by atoms with E-state index in [1.165, 1.54) is 0 Å². The number of hydrogen-bond donors (Lipinski definition) is 2. The van der Waals surface area contributed by atoms with Crippen LogP contribution in [-0.4, -0.2) is 19.6 Å². The van der Waals surface area contributed by atoms with E-state index >= 15 is 0 Å². The fourth-order valence-corrected chi connectivity index (χ4v) is 2.15. The molecule has 2 aromatic rings. The molecule has 0 aliphatic heterocycles. The predicted octanol–water partition coefficient (Wildman–Crippen LogP) is 2.06. The molecule has 1 unspecified atom stereocenters. The third-order valence-corrected chi connectivity index (χ3v) is 3.46. The number of amides is 1. The topological polar surface area (TPSA) is 64.3 Å². The number of nitrogens with one attached hydrogen (secondary N) is 1. The quantitative estimate of drug-likeness (QED) is 0.875. The van der Waals surface area contributed by atoms with Crippen LogP contribution in [0.4, 0.5) is 0 Å². The molecule has 0 radical (unpaired) electrons. The number of methoxy groups -OCH3 is 1. The van der Waals surface area contributed by atoms with Gasteiger partial charge in [-0.15, -0.1) is 0 Å². The number of fused-ring (bicyclic) bond motifs is 1. The second-order valence-electron chi connectivity index (χ2n) is 4.82. The minimum absolute atomic E-state index is 0.0394. The van der Waals surface area contributed by atoms with Crippen molar-refractivity contribution in [2.75, 3.05) is 13.7 Å². The summed E-state index contributed by atoms with van der Waals surface area (Å²) in [5.74, 6) is 0.558. The first kappa shape index (κ1) is 14.3. The van der Waals surface area contributed by atoms with Gasteiger partial charge in [0.2, 0.25) is 5.91 Å². The maximum atomic E-state index is 11.9. The third kappa shape index (κ3) is 2.91. The molecule has 2 rings (SSSR count). The lowest BCUT2D eigenvalue weighted by molar-refractivity contribution is -0.124. The highest BCUT2D eigenvalue weighted by Gasteiger charge is 2.13. The number of rotatable bonds is 5. The van der Waals surface area contributed by atoms with Crippen LogP contribution in [0, 0.1) is 5.92 Å². The Kier molecular flexibility index (Phi) is 4.58. The summed E-state index contributed by atoms with van der Waals surface area (Å²) in [4.78, 5) is 11.9. The molecule has 3 N–H and O–H groups in total. The summed E-state index contributed by atoms with van der Waals surface area (Å²) in [6.45, 7) is 2.60. The van der Waals surface area contributed by atoms with Gasteiger partial charge in [-0.2, -0.15) is 0 Å². The number of carbonyl (C=O) groups is 1. The average molecular weight is 272 g/mol. The van der Waals surface area contributed by atoms with E-state index in [0.717, 1.165) is 22.1 Å². The average Bonchev–Trinajstić information content (AvgIpc) is 2.51. The molecule has 106 valence electrons. The van der Waals surface area contributed by atoms with Crippen LogP contribution in [0.25, 0.3) is 10.8 Å². The molecule has 0 saturated heterocycles. The van der Waals surface area contributed by atoms with Gasteiger partial charge in [-0.3, -0.25) is 4.79 Å². The lowest BCUT2D eigenvalue weighted by Crippen LogP contribution is -2.32. The fourth-order valence-electron chi connectivity index (χ4n) is 2.15. The van der Waals surface area contributed by atoms with Crippen molar-refractivity contribution in [2.45, 2.75) is 13.5 Å². The highest BCUT2D eigenvalue weighted by atomic mass is 16.5. The van der Waals surface area contributed by atoms with E-state index in [-0.39, 0.29) is 11.8 Å². The maximum absolute atomic E-state index is 11.9. The summed E-state index contributed by atoms with van der Waals surface area (Å²) >= 11 is 0. The van der Waals surface area contributed by atoms with E-state index in [2.05, 4.69) is 5.32 Å². The summed E-state index contributed by atoms with van der Waals surface area (Å²) in [6, 6.07) is 12.0. The summed E-state index contributed by atoms with van der Waals surface area (Å²) < 4.78 is 5.40. The number of nitrogens with two attached hydrogens (primary N) is 1. The minimum atomic E-state index is -0.184. The molecule has 0 aliphatic carbocycles. The molecule has 4 heteroatoms. The first-order valence-electron chi connectivity index (χ1n) is 6.69. The van der Waals surface area contributed by atoms with Crippen LogP contribution in [-0.2, 0) is 11.3 Å². The normalized spacial score (nSPS) is 12.2. The molecular weight excluding hydrogens is 252 g/mol. The van der Waals surface area contributed by atoms with Gasteiger partial charge in [0.15, 0.2) is 0 Å². The molecule has 0 aromatic heterocycles. The third-order valence-electron chi connectivity index (χ3n) is 3.46. The van der Waals surface area contributed by atoms with Gasteiger partial charge in [-0.1, -0.05) is 37.3 Å². The van der Waals surface area contributed by atoms with E-state index in [0.29, 0.717) is 13.1 Å². The SMILES string of the molecule is COc1ccc2ccccc2c1CNC(=O)C(C)CN. The lowest BCUT2D eigenvalue weighted by atomic mass is 10.0. The molecule has 0 heterocycles. The molecule has 0 bridgehead atoms. The van der Waals surface area contributed by atoms with E-state index in [1.54, 1.807) is 7.11 Å². The van der Waals surface area contributed by atoms with E-state index in [4.69, 9.17) is 10.5 Å². The van der Waals surface area contributed by atoms with Crippen LogP contribution in [0.3, 0.4) is 0 Å². The van der Waals surface area contributed by atoms with Gasteiger partial charge in [0.05, 0.1) is 7.11 Å². The number of hydrogen-bond acceptors (Lipinski definition) is 3. The standard InChI is InChI=1S/C16H20N2O2/c1-11(9-17)16(19)18-10-14-13-6-4-3-5-12(13)7-8-15(14)20-2/h3-8,11H,9-10,17H2,1-2H3,(H,18,19). The van der Waals surface area contributed by atoms with Crippen LogP contribution in [0.1, 0.15) is 12.5 Å². The van der Waals surface area contributed by atoms with Gasteiger partial charge < -0.3 is 15.8 Å². The summed E-state index contributed by atoms with van der Waals surface area (Å²) in [6.07, 6.45) is 0. The molecular formula is C16H20N2O2. The Morgan fingerprint density at radius 3 is 2.75 bits per heavy atom. The highest BCUT2D eigenvalue weighted by molar-refractivity contribution is 5.88. The number of ether oxygens (including phenoxy) is 1. The zero-order chi connectivity index (χ0) is 14.5. The van der Waals surface area contributed by atoms with Crippen molar-refractivity contribution in [2.24, 2.45) is 11.7 Å². The molecule has 1 amide bonds. The largest absolute Gasteiger partial charge is 0.496 e. The molecule has 20 heavy (non-hydrogen) atoms. The Bertz CT molecular complexity index is 610. The van der Waals surface area contributed by atoms with Crippen molar-refractivity contribution >= 4 is 16.7 Å². The van der Waals surface area contributed by atoms with Gasteiger partial charge >= 0.3 is 0 Å². The van der Waals surface area contributed by atoms with Crippen molar-refractivity contribution in [1.29, 1.82) is 0 Å². The van der Waals surface area contributed by atoms with Gasteiger partial charge in [-0.25, -0.2) is 0 Å². The second kappa shape index (κ2) is 6.39. The Labute approximate surface area is 118 Å². The van der Waals surface area contributed by atoms with Gasteiger partial charge in [0.1, 0.15) is 5.75 Å². The first-order valence-corrected chi connectivity index (χ1v) is 6.69. The fraction of sp³-hybridized carbons (Fsp3) is 0.312. The minimum Gasteiger partial charge on any atom is -0.496 e. The molecule has 0 aliphatic rings. The molecule has 0 saturated carbocycles. The Morgan fingerprint density at radius 2 is 2.05 bits per heavy atom. The molecule has 0 fully saturated rings. The zero-order valence-electron chi connectivity index (χ0n) is 11.8. The number of carbonyl (C=O) groups excluding carboxylic acids is 1. The molecule has 2 aromatic carbocycles. The molecule has 1 atom stereocenters. The Morgan fingerprint density at radius 1 is 1.30 bits per heavy atom. The summed E-state index contributed by atoms with van der Waals surface area (Å²) in [5.41, 5.74) is 6.49. The predicted molar refractivity (Wildman–Crippen MR) is 80.6 cm³/mol. The van der Waals surface area contributed by atoms with Crippen LogP contribution in [0.2, 0.25) is 0 Å². The lowest BCUT2D eigenvalue weighted by Gasteiger charge is -2.14.